The molecule has 90 valence electrons. The monoisotopic (exact) mass is 224 g/mol. The van der Waals surface area contributed by atoms with Crippen LogP contribution in [0, 0.1) is 0 Å². The third-order valence-electron chi connectivity index (χ3n) is 2.77. The summed E-state index contributed by atoms with van der Waals surface area (Å²) >= 11 is 0. The van der Waals surface area contributed by atoms with Crippen molar-refractivity contribution in [3.63, 3.8) is 0 Å². The standard InChI is InChI=1S/C12H20N2O2/c1-2-13-8-11-7-12(16-10-11)9-14-3-5-15-6-4-14/h7,10,13H,2-6,8-9H2,1H3. The summed E-state index contributed by atoms with van der Waals surface area (Å²) in [4.78, 5) is 2.36. The zero-order chi connectivity index (χ0) is 11.2. The van der Waals surface area contributed by atoms with E-state index in [0.717, 1.165) is 51.7 Å². The van der Waals surface area contributed by atoms with Crippen LogP contribution in [0.3, 0.4) is 0 Å². The van der Waals surface area contributed by atoms with Crippen molar-refractivity contribution in [1.82, 2.24) is 10.2 Å². The van der Waals surface area contributed by atoms with Crippen molar-refractivity contribution >= 4 is 0 Å². The number of hydrogen-bond acceptors (Lipinski definition) is 4. The minimum absolute atomic E-state index is 0.838. The molecule has 4 nitrogen and oxygen atoms in total. The first-order valence-electron chi connectivity index (χ1n) is 5.95. The number of morpholine rings is 1. The molecule has 2 heterocycles. The molecule has 1 aliphatic heterocycles. The van der Waals surface area contributed by atoms with E-state index in [1.807, 2.05) is 6.26 Å². The number of nitrogens with zero attached hydrogens (tertiary/aromatic N) is 1. The number of nitrogens with one attached hydrogen (secondary N) is 1. The van der Waals surface area contributed by atoms with E-state index in [1.54, 1.807) is 0 Å². The molecule has 1 fully saturated rings. The predicted octanol–water partition coefficient (Wildman–Crippen LogP) is 1.22. The van der Waals surface area contributed by atoms with Crippen molar-refractivity contribution in [2.45, 2.75) is 20.0 Å². The van der Waals surface area contributed by atoms with E-state index in [0.29, 0.717) is 0 Å². The van der Waals surface area contributed by atoms with Crippen LogP contribution in [0.15, 0.2) is 16.7 Å². The van der Waals surface area contributed by atoms with Gasteiger partial charge >= 0.3 is 0 Å². The first-order chi connectivity index (χ1) is 7.88. The molecule has 0 unspecified atom stereocenters. The second-order valence-corrected chi connectivity index (χ2v) is 4.09. The summed E-state index contributed by atoms with van der Waals surface area (Å²) in [6, 6.07) is 2.14. The fourth-order valence-electron chi connectivity index (χ4n) is 1.85. The first kappa shape index (κ1) is 11.6. The molecular formula is C12H20N2O2. The van der Waals surface area contributed by atoms with Gasteiger partial charge in [0.25, 0.3) is 0 Å². The molecule has 2 rings (SSSR count). The highest BCUT2D eigenvalue weighted by Gasteiger charge is 2.12. The Morgan fingerprint density at radius 3 is 2.94 bits per heavy atom. The van der Waals surface area contributed by atoms with Gasteiger partial charge in [0.2, 0.25) is 0 Å². The largest absolute Gasteiger partial charge is 0.468 e. The lowest BCUT2D eigenvalue weighted by Crippen LogP contribution is -2.35. The minimum atomic E-state index is 0.838. The highest BCUT2D eigenvalue weighted by molar-refractivity contribution is 5.12. The van der Waals surface area contributed by atoms with Gasteiger partial charge in [-0.1, -0.05) is 6.92 Å². The molecule has 0 amide bonds. The summed E-state index contributed by atoms with van der Waals surface area (Å²) in [7, 11) is 0. The van der Waals surface area contributed by atoms with Gasteiger partial charge in [-0.15, -0.1) is 0 Å². The molecule has 0 radical (unpaired) electrons. The lowest BCUT2D eigenvalue weighted by atomic mass is 10.3. The Morgan fingerprint density at radius 1 is 1.38 bits per heavy atom. The van der Waals surface area contributed by atoms with E-state index < -0.39 is 0 Å². The van der Waals surface area contributed by atoms with Crippen LogP contribution < -0.4 is 5.32 Å². The summed E-state index contributed by atoms with van der Waals surface area (Å²) in [6.07, 6.45) is 1.85. The van der Waals surface area contributed by atoms with Gasteiger partial charge in [0.05, 0.1) is 26.0 Å². The van der Waals surface area contributed by atoms with Crippen molar-refractivity contribution in [2.24, 2.45) is 0 Å². The summed E-state index contributed by atoms with van der Waals surface area (Å²) in [5, 5.41) is 3.29. The highest BCUT2D eigenvalue weighted by Crippen LogP contribution is 2.11. The normalized spacial score (nSPS) is 17.8. The minimum Gasteiger partial charge on any atom is -0.468 e. The Balaban J connectivity index is 1.81. The fourth-order valence-corrected chi connectivity index (χ4v) is 1.85. The zero-order valence-electron chi connectivity index (χ0n) is 9.87. The average Bonchev–Trinajstić information content (AvgIpc) is 2.75. The van der Waals surface area contributed by atoms with Gasteiger partial charge in [0, 0.05) is 25.2 Å². The summed E-state index contributed by atoms with van der Waals surface area (Å²) in [5.41, 5.74) is 1.23. The van der Waals surface area contributed by atoms with Crippen molar-refractivity contribution < 1.29 is 9.15 Å². The molecule has 0 saturated carbocycles. The van der Waals surface area contributed by atoms with Crippen LogP contribution in [-0.2, 0) is 17.8 Å². The Kier molecular flexibility index (Phi) is 4.39. The summed E-state index contributed by atoms with van der Waals surface area (Å²) in [6.45, 7) is 8.57. The maximum atomic E-state index is 5.54. The Morgan fingerprint density at radius 2 is 2.19 bits per heavy atom. The third-order valence-corrected chi connectivity index (χ3v) is 2.77. The molecule has 0 aliphatic carbocycles. The van der Waals surface area contributed by atoms with Gasteiger partial charge in [0.1, 0.15) is 5.76 Å². The van der Waals surface area contributed by atoms with Crippen molar-refractivity contribution in [3.05, 3.63) is 23.7 Å². The van der Waals surface area contributed by atoms with E-state index in [9.17, 15) is 0 Å². The van der Waals surface area contributed by atoms with E-state index >= 15 is 0 Å². The first-order valence-corrected chi connectivity index (χ1v) is 5.95. The predicted molar refractivity (Wildman–Crippen MR) is 62.2 cm³/mol. The molecule has 1 saturated heterocycles. The van der Waals surface area contributed by atoms with Crippen LogP contribution in [0.25, 0.3) is 0 Å². The lowest BCUT2D eigenvalue weighted by molar-refractivity contribution is 0.0313. The van der Waals surface area contributed by atoms with Crippen molar-refractivity contribution in [1.29, 1.82) is 0 Å². The van der Waals surface area contributed by atoms with Crippen molar-refractivity contribution in [2.75, 3.05) is 32.8 Å². The van der Waals surface area contributed by atoms with Gasteiger partial charge in [0.15, 0.2) is 0 Å². The number of ether oxygens (including phenoxy) is 1. The van der Waals surface area contributed by atoms with Gasteiger partial charge in [-0.2, -0.15) is 0 Å². The van der Waals surface area contributed by atoms with Gasteiger partial charge in [-0.05, 0) is 12.6 Å². The molecule has 1 aliphatic rings. The number of rotatable bonds is 5. The van der Waals surface area contributed by atoms with Crippen LogP contribution in [0.5, 0.6) is 0 Å². The Hall–Kier alpha value is -0.840. The lowest BCUT2D eigenvalue weighted by Gasteiger charge is -2.25. The summed E-state index contributed by atoms with van der Waals surface area (Å²) < 4.78 is 10.9. The zero-order valence-corrected chi connectivity index (χ0v) is 9.87. The summed E-state index contributed by atoms with van der Waals surface area (Å²) in [5.74, 6) is 1.05. The fraction of sp³-hybridized carbons (Fsp3) is 0.667. The van der Waals surface area contributed by atoms with Crippen LogP contribution >= 0.6 is 0 Å². The molecule has 4 heteroatoms. The molecule has 16 heavy (non-hydrogen) atoms. The number of hydrogen-bond donors (Lipinski definition) is 1. The van der Waals surface area contributed by atoms with E-state index in [2.05, 4.69) is 23.2 Å². The van der Waals surface area contributed by atoms with E-state index in [1.165, 1.54) is 5.56 Å². The average molecular weight is 224 g/mol. The topological polar surface area (TPSA) is 37.6 Å². The van der Waals surface area contributed by atoms with Crippen molar-refractivity contribution in [3.8, 4) is 0 Å². The number of furan rings is 1. The molecule has 0 bridgehead atoms. The quantitative estimate of drug-likeness (QED) is 0.816. The molecule has 0 spiro atoms. The van der Waals surface area contributed by atoms with Gasteiger partial charge in [-0.3, -0.25) is 4.90 Å². The van der Waals surface area contributed by atoms with Gasteiger partial charge < -0.3 is 14.5 Å². The third kappa shape index (κ3) is 3.33. The van der Waals surface area contributed by atoms with Crippen LogP contribution in [0.4, 0.5) is 0 Å². The Labute approximate surface area is 96.6 Å². The smallest absolute Gasteiger partial charge is 0.118 e. The van der Waals surface area contributed by atoms with Crippen LogP contribution in [0.2, 0.25) is 0 Å². The second-order valence-electron chi connectivity index (χ2n) is 4.09. The molecule has 1 aromatic rings. The molecule has 1 aromatic heterocycles. The Bertz CT molecular complexity index is 306. The maximum absolute atomic E-state index is 5.54. The molecule has 0 aromatic carbocycles. The molecule has 1 N–H and O–H groups in total. The molecular weight excluding hydrogens is 204 g/mol. The van der Waals surface area contributed by atoms with Gasteiger partial charge in [-0.25, -0.2) is 0 Å². The highest BCUT2D eigenvalue weighted by atomic mass is 16.5. The van der Waals surface area contributed by atoms with E-state index in [4.69, 9.17) is 9.15 Å². The van der Waals surface area contributed by atoms with Crippen LogP contribution in [0.1, 0.15) is 18.2 Å². The molecule has 0 atom stereocenters. The van der Waals surface area contributed by atoms with Crippen LogP contribution in [-0.4, -0.2) is 37.7 Å². The second kappa shape index (κ2) is 6.03. The maximum Gasteiger partial charge on any atom is 0.118 e. The SMILES string of the molecule is CCNCc1coc(CN2CCOCC2)c1. The van der Waals surface area contributed by atoms with E-state index in [-0.39, 0.29) is 0 Å².